The maximum absolute atomic E-state index is 13.3. The van der Waals surface area contributed by atoms with Crippen LogP contribution in [0.1, 0.15) is 16.7 Å². The molecule has 0 unspecified atom stereocenters. The minimum Gasteiger partial charge on any atom is -0.508 e. The summed E-state index contributed by atoms with van der Waals surface area (Å²) in [5.74, 6) is 0.866. The fraction of sp³-hybridized carbons (Fsp3) is 0.138. The van der Waals surface area contributed by atoms with Crippen molar-refractivity contribution in [2.75, 3.05) is 11.4 Å². The normalized spacial score (nSPS) is 10.7. The number of benzene rings is 4. The number of hydrogen-bond acceptors (Lipinski definition) is 3. The number of anilines is 1. The van der Waals surface area contributed by atoms with Gasteiger partial charge < -0.3 is 14.7 Å². The molecule has 4 rings (SSSR count). The molecule has 0 spiro atoms. The third kappa shape index (κ3) is 7.01. The van der Waals surface area contributed by atoms with Crippen LogP contribution in [-0.4, -0.2) is 17.6 Å². The number of amides is 1. The Kier molecular flexibility index (Phi) is 8.30. The van der Waals surface area contributed by atoms with Gasteiger partial charge in [0.25, 0.3) is 0 Å². The fourth-order valence-corrected chi connectivity index (χ4v) is 4.00. The molecule has 0 fully saturated rings. The van der Waals surface area contributed by atoms with Gasteiger partial charge in [0.1, 0.15) is 18.1 Å². The van der Waals surface area contributed by atoms with Crippen molar-refractivity contribution in [2.45, 2.75) is 19.4 Å². The van der Waals surface area contributed by atoms with Crippen LogP contribution >= 0.6 is 23.2 Å². The lowest BCUT2D eigenvalue weighted by Gasteiger charge is -2.24. The van der Waals surface area contributed by atoms with Crippen molar-refractivity contribution in [1.82, 2.24) is 0 Å². The van der Waals surface area contributed by atoms with Crippen LogP contribution in [0.5, 0.6) is 11.5 Å². The average molecular weight is 506 g/mol. The zero-order valence-corrected chi connectivity index (χ0v) is 20.5. The molecule has 4 nitrogen and oxygen atoms in total. The number of aromatic hydroxyl groups is 1. The Morgan fingerprint density at radius 2 is 1.51 bits per heavy atom. The first-order chi connectivity index (χ1) is 17.0. The quantitative estimate of drug-likeness (QED) is 0.264. The summed E-state index contributed by atoms with van der Waals surface area (Å²) in [5.41, 5.74) is 3.65. The molecule has 1 amide bonds. The molecule has 4 aromatic carbocycles. The summed E-state index contributed by atoms with van der Waals surface area (Å²) in [5, 5.41) is 10.4. The zero-order valence-electron chi connectivity index (χ0n) is 19.0. The van der Waals surface area contributed by atoms with E-state index in [4.69, 9.17) is 27.9 Å². The van der Waals surface area contributed by atoms with E-state index in [-0.39, 0.29) is 18.1 Å². The van der Waals surface area contributed by atoms with Crippen molar-refractivity contribution >= 4 is 34.8 Å². The smallest absolute Gasteiger partial charge is 0.231 e. The molecule has 35 heavy (non-hydrogen) atoms. The topological polar surface area (TPSA) is 49.8 Å². The third-order valence-corrected chi connectivity index (χ3v) is 6.32. The van der Waals surface area contributed by atoms with Crippen LogP contribution in [0.4, 0.5) is 5.69 Å². The van der Waals surface area contributed by atoms with Gasteiger partial charge in [-0.05, 0) is 65.6 Å². The Hall–Kier alpha value is -3.47. The number of ether oxygens (including phenoxy) is 1. The van der Waals surface area contributed by atoms with E-state index < -0.39 is 0 Å². The molecule has 0 aliphatic heterocycles. The van der Waals surface area contributed by atoms with E-state index in [1.54, 1.807) is 47.4 Å². The van der Waals surface area contributed by atoms with Gasteiger partial charge in [0.15, 0.2) is 0 Å². The molecule has 0 saturated heterocycles. The first-order valence-electron chi connectivity index (χ1n) is 11.3. The van der Waals surface area contributed by atoms with Crippen molar-refractivity contribution in [3.05, 3.63) is 124 Å². The summed E-state index contributed by atoms with van der Waals surface area (Å²) >= 11 is 12.4. The number of phenolic OH excluding ortho intramolecular Hbond substituents is 1. The minimum absolute atomic E-state index is 0.0782. The van der Waals surface area contributed by atoms with E-state index >= 15 is 0 Å². The molecular weight excluding hydrogens is 481 g/mol. The van der Waals surface area contributed by atoms with E-state index in [2.05, 4.69) is 0 Å². The van der Waals surface area contributed by atoms with Crippen molar-refractivity contribution in [3.8, 4) is 11.5 Å². The molecule has 4 aromatic rings. The maximum Gasteiger partial charge on any atom is 0.231 e. The lowest BCUT2D eigenvalue weighted by molar-refractivity contribution is -0.118. The minimum atomic E-state index is -0.0782. The lowest BCUT2D eigenvalue weighted by atomic mass is 10.1. The summed E-state index contributed by atoms with van der Waals surface area (Å²) in [6.07, 6.45) is 0.824. The Labute approximate surface area is 215 Å². The SMILES string of the molecule is O=C(Cc1ccc(O)cc1)N(CCc1cccc(OCc2ccccc2)c1)c1ccc(Cl)c(Cl)c1. The van der Waals surface area contributed by atoms with Gasteiger partial charge in [-0.25, -0.2) is 0 Å². The predicted octanol–water partition coefficient (Wildman–Crippen LogP) is 7.10. The van der Waals surface area contributed by atoms with Crippen molar-refractivity contribution in [1.29, 1.82) is 0 Å². The second-order valence-corrected chi connectivity index (χ2v) is 8.97. The van der Waals surface area contributed by atoms with E-state index in [1.807, 2.05) is 54.6 Å². The van der Waals surface area contributed by atoms with Gasteiger partial charge >= 0.3 is 0 Å². The van der Waals surface area contributed by atoms with Crippen molar-refractivity contribution in [3.63, 3.8) is 0 Å². The molecule has 0 heterocycles. The Morgan fingerprint density at radius 3 is 2.26 bits per heavy atom. The molecule has 178 valence electrons. The van der Waals surface area contributed by atoms with E-state index in [1.165, 1.54) is 0 Å². The molecule has 1 N–H and O–H groups in total. The second kappa shape index (κ2) is 11.8. The van der Waals surface area contributed by atoms with Gasteiger partial charge in [-0.1, -0.05) is 77.8 Å². The second-order valence-electron chi connectivity index (χ2n) is 8.16. The molecule has 0 aliphatic carbocycles. The summed E-state index contributed by atoms with van der Waals surface area (Å²) in [7, 11) is 0. The highest BCUT2D eigenvalue weighted by molar-refractivity contribution is 6.42. The van der Waals surface area contributed by atoms with Crippen molar-refractivity contribution in [2.24, 2.45) is 0 Å². The van der Waals surface area contributed by atoms with Gasteiger partial charge in [0, 0.05) is 12.2 Å². The number of hydrogen-bond donors (Lipinski definition) is 1. The number of carbonyl (C=O) groups excluding carboxylic acids is 1. The van der Waals surface area contributed by atoms with Crippen LogP contribution in [0.15, 0.2) is 97.1 Å². The molecule has 6 heteroatoms. The molecule has 0 atom stereocenters. The standard InChI is InChI=1S/C29H25Cl2NO3/c30-27-14-11-24(19-28(27)31)32(29(34)18-22-9-12-25(33)13-10-22)16-15-21-7-4-8-26(17-21)35-20-23-5-2-1-3-6-23/h1-14,17,19,33H,15-16,18,20H2. The highest BCUT2D eigenvalue weighted by atomic mass is 35.5. The summed E-state index contributed by atoms with van der Waals surface area (Å²) in [4.78, 5) is 15.0. The summed E-state index contributed by atoms with van der Waals surface area (Å²) in [6, 6.07) is 29.7. The molecule has 0 aromatic heterocycles. The highest BCUT2D eigenvalue weighted by Crippen LogP contribution is 2.28. The molecule has 0 radical (unpaired) electrons. The Balaban J connectivity index is 1.48. The largest absolute Gasteiger partial charge is 0.508 e. The van der Waals surface area contributed by atoms with Gasteiger partial charge in [-0.2, -0.15) is 0 Å². The Morgan fingerprint density at radius 1 is 0.771 bits per heavy atom. The van der Waals surface area contributed by atoms with Crippen LogP contribution < -0.4 is 9.64 Å². The molecule has 0 bridgehead atoms. The molecule has 0 aliphatic rings. The van der Waals surface area contributed by atoms with E-state index in [0.29, 0.717) is 35.3 Å². The van der Waals surface area contributed by atoms with Gasteiger partial charge in [0.2, 0.25) is 5.91 Å². The predicted molar refractivity (Wildman–Crippen MR) is 142 cm³/mol. The number of halogens is 2. The number of nitrogens with zero attached hydrogens (tertiary/aromatic N) is 1. The molecular formula is C29H25Cl2NO3. The summed E-state index contributed by atoms with van der Waals surface area (Å²) < 4.78 is 5.96. The summed E-state index contributed by atoms with van der Waals surface area (Å²) in [6.45, 7) is 0.946. The Bertz CT molecular complexity index is 1280. The van der Waals surface area contributed by atoms with Crippen molar-refractivity contribution < 1.29 is 14.6 Å². The fourth-order valence-electron chi connectivity index (χ4n) is 3.71. The number of phenols is 1. The van der Waals surface area contributed by atoms with Crippen LogP contribution in [0.2, 0.25) is 10.0 Å². The maximum atomic E-state index is 13.3. The lowest BCUT2D eigenvalue weighted by Crippen LogP contribution is -2.34. The van der Waals surface area contributed by atoms with Gasteiger partial charge in [-0.15, -0.1) is 0 Å². The first-order valence-corrected chi connectivity index (χ1v) is 12.0. The van der Waals surface area contributed by atoms with Crippen LogP contribution in [-0.2, 0) is 24.2 Å². The van der Waals surface area contributed by atoms with E-state index in [0.717, 1.165) is 22.4 Å². The van der Waals surface area contributed by atoms with Crippen LogP contribution in [0.3, 0.4) is 0 Å². The van der Waals surface area contributed by atoms with Crippen LogP contribution in [0.25, 0.3) is 0 Å². The average Bonchev–Trinajstić information content (AvgIpc) is 2.87. The molecule has 0 saturated carbocycles. The van der Waals surface area contributed by atoms with Crippen LogP contribution in [0, 0.1) is 0 Å². The van der Waals surface area contributed by atoms with Gasteiger partial charge in [0.05, 0.1) is 16.5 Å². The highest BCUT2D eigenvalue weighted by Gasteiger charge is 2.18. The monoisotopic (exact) mass is 505 g/mol. The zero-order chi connectivity index (χ0) is 24.6. The van der Waals surface area contributed by atoms with E-state index in [9.17, 15) is 9.90 Å². The third-order valence-electron chi connectivity index (χ3n) is 5.58. The number of rotatable bonds is 9. The number of carbonyl (C=O) groups is 1. The van der Waals surface area contributed by atoms with Gasteiger partial charge in [-0.3, -0.25) is 4.79 Å². The first kappa shape index (κ1) is 24.6.